The largest absolute Gasteiger partial charge is 0.371 e. The summed E-state index contributed by atoms with van der Waals surface area (Å²) in [6.45, 7) is 1.06. The molecular weight excluding hydrogens is 316 g/mol. The first-order chi connectivity index (χ1) is 12.3. The van der Waals surface area contributed by atoms with Gasteiger partial charge in [-0.25, -0.2) is 0 Å². The zero-order valence-corrected chi connectivity index (χ0v) is 13.6. The number of hydrogen-bond acceptors (Lipinski definition) is 4. The fraction of sp³-hybridized carbons (Fsp3) is 0.200. The molecule has 5 nitrogen and oxygen atoms in total. The quantitative estimate of drug-likeness (QED) is 0.794. The summed E-state index contributed by atoms with van der Waals surface area (Å²) in [4.78, 5) is 12.3. The van der Waals surface area contributed by atoms with Crippen LogP contribution in [0.4, 0.5) is 0 Å². The predicted octanol–water partition coefficient (Wildman–Crippen LogP) is 3.39. The molecule has 25 heavy (non-hydrogen) atoms. The number of carbonyl (C=O) groups excluding carboxylic acids is 1. The average Bonchev–Trinajstić information content (AvgIpc) is 3.17. The number of aromatic nitrogens is 1. The van der Waals surface area contributed by atoms with Crippen molar-refractivity contribution in [1.29, 1.82) is 0 Å². The molecule has 0 spiro atoms. The number of fused-ring (bicyclic) bond motifs is 1. The number of benzene rings is 2. The van der Waals surface area contributed by atoms with E-state index in [4.69, 9.17) is 9.26 Å². The lowest BCUT2D eigenvalue weighted by molar-refractivity contribution is 0.0407. The van der Waals surface area contributed by atoms with E-state index >= 15 is 0 Å². The molecule has 0 saturated heterocycles. The first-order valence-electron chi connectivity index (χ1n) is 8.31. The molecule has 126 valence electrons. The number of carbonyl (C=O) groups is 1. The van der Waals surface area contributed by atoms with Crippen molar-refractivity contribution in [2.75, 3.05) is 13.2 Å². The van der Waals surface area contributed by atoms with Gasteiger partial charge in [0.15, 0.2) is 0 Å². The van der Waals surface area contributed by atoms with Gasteiger partial charge in [0.25, 0.3) is 5.91 Å². The maximum atomic E-state index is 12.3. The maximum Gasteiger partial charge on any atom is 0.290 e. The van der Waals surface area contributed by atoms with E-state index in [1.54, 1.807) is 6.07 Å². The zero-order valence-electron chi connectivity index (χ0n) is 13.6. The van der Waals surface area contributed by atoms with Gasteiger partial charge in [-0.2, -0.15) is 0 Å². The predicted molar refractivity (Wildman–Crippen MR) is 93.1 cm³/mol. The molecular formula is C20H18N2O3. The van der Waals surface area contributed by atoms with E-state index in [2.05, 4.69) is 16.5 Å². The lowest BCUT2D eigenvalue weighted by Gasteiger charge is -2.26. The van der Waals surface area contributed by atoms with Gasteiger partial charge >= 0.3 is 0 Å². The summed E-state index contributed by atoms with van der Waals surface area (Å²) in [7, 11) is 0. The Balaban J connectivity index is 1.43. The van der Waals surface area contributed by atoms with Gasteiger partial charge in [-0.05, 0) is 17.5 Å². The van der Waals surface area contributed by atoms with Gasteiger partial charge in [0, 0.05) is 18.2 Å². The van der Waals surface area contributed by atoms with E-state index in [0.29, 0.717) is 18.8 Å². The molecule has 0 bridgehead atoms. The van der Waals surface area contributed by atoms with Crippen LogP contribution in [-0.4, -0.2) is 24.2 Å². The van der Waals surface area contributed by atoms with Crippen LogP contribution in [0, 0.1) is 0 Å². The van der Waals surface area contributed by atoms with E-state index < -0.39 is 0 Å². The van der Waals surface area contributed by atoms with Gasteiger partial charge in [0.05, 0.1) is 6.61 Å². The maximum absolute atomic E-state index is 12.3. The third-order valence-electron chi connectivity index (χ3n) is 4.34. The van der Waals surface area contributed by atoms with Crippen molar-refractivity contribution < 1.29 is 14.1 Å². The summed E-state index contributed by atoms with van der Waals surface area (Å²) < 4.78 is 11.0. The molecule has 2 heterocycles. The number of ether oxygens (including phenoxy) is 1. The Labute approximate surface area is 145 Å². The normalized spacial score (nSPS) is 16.2. The number of nitrogens with zero attached hydrogens (tertiary/aromatic N) is 1. The summed E-state index contributed by atoms with van der Waals surface area (Å²) in [5.41, 5.74) is 3.97. The second-order valence-corrected chi connectivity index (χ2v) is 5.96. The lowest BCUT2D eigenvalue weighted by Crippen LogP contribution is -2.31. The van der Waals surface area contributed by atoms with Crippen LogP contribution in [0.1, 0.15) is 27.8 Å². The highest BCUT2D eigenvalue weighted by molar-refractivity contribution is 5.92. The van der Waals surface area contributed by atoms with Crippen LogP contribution < -0.4 is 5.32 Å². The third-order valence-corrected chi connectivity index (χ3v) is 4.34. The summed E-state index contributed by atoms with van der Waals surface area (Å²) in [5, 5.41) is 6.85. The van der Waals surface area contributed by atoms with E-state index in [0.717, 1.165) is 17.5 Å². The fourth-order valence-electron chi connectivity index (χ4n) is 3.05. The van der Waals surface area contributed by atoms with Crippen molar-refractivity contribution >= 4 is 5.91 Å². The molecule has 0 saturated carbocycles. The van der Waals surface area contributed by atoms with Crippen molar-refractivity contribution in [3.05, 3.63) is 77.6 Å². The minimum Gasteiger partial charge on any atom is -0.371 e. The number of nitrogens with one attached hydrogen (secondary N) is 1. The van der Waals surface area contributed by atoms with Crippen molar-refractivity contribution in [1.82, 2.24) is 10.5 Å². The molecule has 1 amide bonds. The molecule has 0 fully saturated rings. The van der Waals surface area contributed by atoms with E-state index in [1.807, 2.05) is 48.5 Å². The van der Waals surface area contributed by atoms with Gasteiger partial charge in [-0.1, -0.05) is 59.8 Å². The molecule has 1 N–H and O–H groups in total. The van der Waals surface area contributed by atoms with Crippen LogP contribution in [0.2, 0.25) is 0 Å². The Morgan fingerprint density at radius 2 is 1.92 bits per heavy atom. The van der Waals surface area contributed by atoms with E-state index in [-0.39, 0.29) is 17.8 Å². The summed E-state index contributed by atoms with van der Waals surface area (Å²) in [5.74, 6) is -0.0933. The molecule has 2 aromatic carbocycles. The van der Waals surface area contributed by atoms with Gasteiger partial charge in [-0.3, -0.25) is 4.79 Å². The molecule has 0 aliphatic carbocycles. The highest BCUT2D eigenvalue weighted by Gasteiger charge is 2.22. The minimum absolute atomic E-state index is 0.134. The van der Waals surface area contributed by atoms with Crippen molar-refractivity contribution in [2.45, 2.75) is 12.5 Å². The summed E-state index contributed by atoms with van der Waals surface area (Å²) >= 11 is 0. The van der Waals surface area contributed by atoms with Crippen LogP contribution in [0.5, 0.6) is 0 Å². The first kappa shape index (κ1) is 15.6. The molecule has 1 aliphatic heterocycles. The van der Waals surface area contributed by atoms with Crippen LogP contribution in [0.25, 0.3) is 11.3 Å². The van der Waals surface area contributed by atoms with Gasteiger partial charge in [0.1, 0.15) is 11.8 Å². The fourth-order valence-corrected chi connectivity index (χ4v) is 3.05. The SMILES string of the molecule is O=C(NC[C@@H]1OCCc2ccccc21)c1cc(-c2ccccc2)no1. The summed E-state index contributed by atoms with van der Waals surface area (Å²) in [6.07, 6.45) is 0.772. The van der Waals surface area contributed by atoms with Gasteiger partial charge < -0.3 is 14.6 Å². The van der Waals surface area contributed by atoms with E-state index in [1.165, 1.54) is 5.56 Å². The molecule has 5 heteroatoms. The minimum atomic E-state index is -0.290. The molecule has 1 atom stereocenters. The molecule has 0 unspecified atom stereocenters. The van der Waals surface area contributed by atoms with Crippen LogP contribution in [-0.2, 0) is 11.2 Å². The Kier molecular flexibility index (Phi) is 4.31. The van der Waals surface area contributed by atoms with Crippen LogP contribution in [0.3, 0.4) is 0 Å². The third kappa shape index (κ3) is 3.32. The second-order valence-electron chi connectivity index (χ2n) is 5.96. The smallest absolute Gasteiger partial charge is 0.290 e. The standard InChI is InChI=1S/C20H18N2O3/c23-20(18-12-17(22-25-18)15-7-2-1-3-8-15)21-13-19-16-9-5-4-6-14(16)10-11-24-19/h1-9,12,19H,10-11,13H2,(H,21,23)/t19-/m0/s1. The van der Waals surface area contributed by atoms with E-state index in [9.17, 15) is 4.79 Å². The molecule has 1 aromatic heterocycles. The van der Waals surface area contributed by atoms with Gasteiger partial charge in [-0.15, -0.1) is 0 Å². The van der Waals surface area contributed by atoms with Crippen molar-refractivity contribution in [3.63, 3.8) is 0 Å². The highest BCUT2D eigenvalue weighted by atomic mass is 16.5. The average molecular weight is 334 g/mol. The topological polar surface area (TPSA) is 64.4 Å². The van der Waals surface area contributed by atoms with Crippen LogP contribution >= 0.6 is 0 Å². The van der Waals surface area contributed by atoms with Crippen molar-refractivity contribution in [2.24, 2.45) is 0 Å². The first-order valence-corrected chi connectivity index (χ1v) is 8.31. The Bertz CT molecular complexity index is 873. The molecule has 4 rings (SSSR count). The lowest BCUT2D eigenvalue weighted by atomic mass is 9.97. The Morgan fingerprint density at radius 3 is 2.80 bits per heavy atom. The molecule has 1 aliphatic rings. The Morgan fingerprint density at radius 1 is 1.12 bits per heavy atom. The van der Waals surface area contributed by atoms with Crippen LogP contribution in [0.15, 0.2) is 65.2 Å². The Hall–Kier alpha value is -2.92. The zero-order chi connectivity index (χ0) is 17.1. The monoisotopic (exact) mass is 334 g/mol. The summed E-state index contributed by atoms with van der Waals surface area (Å²) in [6, 6.07) is 19.4. The molecule has 3 aromatic rings. The van der Waals surface area contributed by atoms with Crippen molar-refractivity contribution in [3.8, 4) is 11.3 Å². The number of hydrogen-bond donors (Lipinski definition) is 1. The second kappa shape index (κ2) is 6.91. The molecule has 0 radical (unpaired) electrons. The number of rotatable bonds is 4. The highest BCUT2D eigenvalue weighted by Crippen LogP contribution is 2.26. The number of amides is 1. The van der Waals surface area contributed by atoms with Gasteiger partial charge in [0.2, 0.25) is 5.76 Å².